The van der Waals surface area contributed by atoms with Crippen molar-refractivity contribution in [2.24, 2.45) is 5.73 Å². The summed E-state index contributed by atoms with van der Waals surface area (Å²) in [6, 6.07) is 14.4. The van der Waals surface area contributed by atoms with E-state index in [9.17, 15) is 9.59 Å². The average Bonchev–Trinajstić information content (AvgIpc) is 3.13. The number of carbonyl (C=O) groups excluding carboxylic acids is 1. The van der Waals surface area contributed by atoms with Gasteiger partial charge in [0.25, 0.3) is 5.91 Å². The molecule has 0 atom stereocenters. The average molecular weight is 350 g/mol. The van der Waals surface area contributed by atoms with Crippen molar-refractivity contribution >= 4 is 17.6 Å². The van der Waals surface area contributed by atoms with Gasteiger partial charge in [-0.1, -0.05) is 36.4 Å². The van der Waals surface area contributed by atoms with E-state index >= 15 is 0 Å². The number of amides is 1. The molecule has 1 aromatic heterocycles. The topological polar surface area (TPSA) is 121 Å². The molecule has 1 heterocycles. The number of imidazole rings is 1. The lowest BCUT2D eigenvalue weighted by Crippen LogP contribution is -2.15. The summed E-state index contributed by atoms with van der Waals surface area (Å²) in [5.41, 5.74) is 9.18. The number of carboxylic acid groups (broad SMARTS) is 1. The third kappa shape index (κ3) is 3.96. The predicted octanol–water partition coefficient (Wildman–Crippen LogP) is 2.41. The zero-order valence-electron chi connectivity index (χ0n) is 13.9. The van der Waals surface area contributed by atoms with Crippen LogP contribution in [0.2, 0.25) is 0 Å². The fraction of sp³-hybridized carbons (Fsp3) is 0.105. The lowest BCUT2D eigenvalue weighted by atomic mass is 10.1. The van der Waals surface area contributed by atoms with Gasteiger partial charge in [0.05, 0.1) is 18.3 Å². The van der Waals surface area contributed by atoms with Gasteiger partial charge in [0, 0.05) is 12.2 Å². The minimum atomic E-state index is -0.966. The second-order valence-corrected chi connectivity index (χ2v) is 5.73. The summed E-state index contributed by atoms with van der Waals surface area (Å²) in [5, 5.41) is 11.7. The van der Waals surface area contributed by atoms with E-state index in [-0.39, 0.29) is 12.2 Å². The zero-order valence-corrected chi connectivity index (χ0v) is 13.9. The Balaban J connectivity index is 1.80. The van der Waals surface area contributed by atoms with Gasteiger partial charge < -0.3 is 21.1 Å². The first-order valence-electron chi connectivity index (χ1n) is 8.02. The largest absolute Gasteiger partial charge is 0.481 e. The Morgan fingerprint density at radius 1 is 1.15 bits per heavy atom. The Labute approximate surface area is 149 Å². The highest BCUT2D eigenvalue weighted by Gasteiger charge is 2.14. The van der Waals surface area contributed by atoms with Crippen molar-refractivity contribution in [3.8, 4) is 11.3 Å². The monoisotopic (exact) mass is 350 g/mol. The van der Waals surface area contributed by atoms with Gasteiger partial charge in [-0.15, -0.1) is 0 Å². The number of nitrogens with one attached hydrogen (secondary N) is 2. The standard InChI is InChI=1S/C19H18N4O3/c20-10-12-4-3-6-13(8-12)16-11-21-18(22-16)19(26)23-15-7-2-1-5-14(15)9-17(24)25/h1-8,11H,9-10,20H2,(H,21,22)(H,23,26)(H,24,25). The van der Waals surface area contributed by atoms with Crippen molar-refractivity contribution in [1.29, 1.82) is 0 Å². The van der Waals surface area contributed by atoms with E-state index in [2.05, 4.69) is 15.3 Å². The highest BCUT2D eigenvalue weighted by Crippen LogP contribution is 2.20. The van der Waals surface area contributed by atoms with Crippen LogP contribution >= 0.6 is 0 Å². The molecule has 0 spiro atoms. The molecule has 7 nitrogen and oxygen atoms in total. The Kier molecular flexibility index (Phi) is 5.09. The molecule has 0 aliphatic rings. The third-order valence-electron chi connectivity index (χ3n) is 3.87. The van der Waals surface area contributed by atoms with E-state index in [4.69, 9.17) is 10.8 Å². The molecule has 0 unspecified atom stereocenters. The lowest BCUT2D eigenvalue weighted by molar-refractivity contribution is -0.136. The molecule has 7 heteroatoms. The van der Waals surface area contributed by atoms with Crippen molar-refractivity contribution in [3.63, 3.8) is 0 Å². The molecular formula is C19H18N4O3. The number of hydrogen-bond acceptors (Lipinski definition) is 4. The van der Waals surface area contributed by atoms with Crippen LogP contribution in [0.15, 0.2) is 54.7 Å². The molecule has 1 amide bonds. The van der Waals surface area contributed by atoms with Gasteiger partial charge in [-0.2, -0.15) is 0 Å². The van der Waals surface area contributed by atoms with Crippen LogP contribution in [0.1, 0.15) is 21.7 Å². The molecule has 0 saturated carbocycles. The normalized spacial score (nSPS) is 10.5. The molecule has 26 heavy (non-hydrogen) atoms. The Bertz CT molecular complexity index is 949. The molecular weight excluding hydrogens is 332 g/mol. The van der Waals surface area contributed by atoms with Gasteiger partial charge in [-0.25, -0.2) is 4.98 Å². The Hall–Kier alpha value is -3.45. The number of H-pyrrole nitrogens is 1. The minimum Gasteiger partial charge on any atom is -0.481 e. The maximum Gasteiger partial charge on any atom is 0.307 e. The molecule has 2 aromatic carbocycles. The number of carbonyl (C=O) groups is 2. The number of rotatable bonds is 6. The van der Waals surface area contributed by atoms with Crippen LogP contribution in [-0.4, -0.2) is 27.0 Å². The molecule has 5 N–H and O–H groups in total. The molecule has 3 rings (SSSR count). The lowest BCUT2D eigenvalue weighted by Gasteiger charge is -2.08. The van der Waals surface area contributed by atoms with Gasteiger partial charge in [0.2, 0.25) is 0 Å². The second-order valence-electron chi connectivity index (χ2n) is 5.73. The summed E-state index contributed by atoms with van der Waals surface area (Å²) in [4.78, 5) is 30.5. The third-order valence-corrected chi connectivity index (χ3v) is 3.87. The number of nitrogens with two attached hydrogens (primary N) is 1. The van der Waals surface area contributed by atoms with Crippen LogP contribution in [0.25, 0.3) is 11.3 Å². The number of carboxylic acids is 1. The van der Waals surface area contributed by atoms with Crippen molar-refractivity contribution in [2.75, 3.05) is 5.32 Å². The van der Waals surface area contributed by atoms with Gasteiger partial charge in [0.1, 0.15) is 0 Å². The molecule has 3 aromatic rings. The molecule has 0 aliphatic carbocycles. The Morgan fingerprint density at radius 3 is 2.73 bits per heavy atom. The van der Waals surface area contributed by atoms with Crippen LogP contribution in [-0.2, 0) is 17.8 Å². The second kappa shape index (κ2) is 7.62. The molecule has 0 bridgehead atoms. The summed E-state index contributed by atoms with van der Waals surface area (Å²) >= 11 is 0. The highest BCUT2D eigenvalue weighted by atomic mass is 16.4. The predicted molar refractivity (Wildman–Crippen MR) is 97.7 cm³/mol. The van der Waals surface area contributed by atoms with E-state index in [1.807, 2.05) is 24.3 Å². The fourth-order valence-corrected chi connectivity index (χ4v) is 2.59. The number of benzene rings is 2. The number of aromatic nitrogens is 2. The first-order valence-corrected chi connectivity index (χ1v) is 8.02. The van der Waals surface area contributed by atoms with Crippen LogP contribution in [0.4, 0.5) is 5.69 Å². The first-order chi connectivity index (χ1) is 12.6. The Morgan fingerprint density at radius 2 is 1.96 bits per heavy atom. The van der Waals surface area contributed by atoms with Crippen LogP contribution in [0.5, 0.6) is 0 Å². The van der Waals surface area contributed by atoms with Crippen LogP contribution in [0, 0.1) is 0 Å². The quantitative estimate of drug-likeness (QED) is 0.544. The van der Waals surface area contributed by atoms with Crippen molar-refractivity contribution in [2.45, 2.75) is 13.0 Å². The number of aliphatic carboxylic acids is 1. The fourth-order valence-electron chi connectivity index (χ4n) is 2.59. The maximum atomic E-state index is 12.4. The van der Waals surface area contributed by atoms with E-state index in [1.165, 1.54) is 0 Å². The van der Waals surface area contributed by atoms with Crippen molar-refractivity contribution < 1.29 is 14.7 Å². The van der Waals surface area contributed by atoms with Crippen molar-refractivity contribution in [1.82, 2.24) is 9.97 Å². The molecule has 0 radical (unpaired) electrons. The SMILES string of the molecule is NCc1cccc(-c2cnc(C(=O)Nc3ccccc3CC(=O)O)[nH]2)c1. The number of hydrogen-bond donors (Lipinski definition) is 4. The van der Waals surface area contributed by atoms with Crippen molar-refractivity contribution in [3.05, 3.63) is 71.7 Å². The summed E-state index contributed by atoms with van der Waals surface area (Å²) in [7, 11) is 0. The highest BCUT2D eigenvalue weighted by molar-refractivity contribution is 6.02. The number of aromatic amines is 1. The van der Waals surface area contributed by atoms with Gasteiger partial charge >= 0.3 is 5.97 Å². The van der Waals surface area contributed by atoms with Gasteiger partial charge in [0.15, 0.2) is 5.82 Å². The minimum absolute atomic E-state index is 0.142. The first kappa shape index (κ1) is 17.4. The molecule has 132 valence electrons. The number of nitrogens with zero attached hydrogens (tertiary/aromatic N) is 1. The van der Waals surface area contributed by atoms with E-state index < -0.39 is 11.9 Å². The molecule has 0 aliphatic heterocycles. The summed E-state index contributed by atoms with van der Waals surface area (Å²) < 4.78 is 0. The number of para-hydroxylation sites is 1. The van der Waals surface area contributed by atoms with Gasteiger partial charge in [-0.05, 0) is 28.8 Å². The summed E-state index contributed by atoms with van der Waals surface area (Å²) in [6.07, 6.45) is 1.40. The van der Waals surface area contributed by atoms with E-state index in [1.54, 1.807) is 30.5 Å². The maximum absolute atomic E-state index is 12.4. The molecule has 0 saturated heterocycles. The van der Waals surface area contributed by atoms with E-state index in [0.717, 1.165) is 11.1 Å². The number of anilines is 1. The van der Waals surface area contributed by atoms with Gasteiger partial charge in [-0.3, -0.25) is 9.59 Å². The smallest absolute Gasteiger partial charge is 0.307 e. The van der Waals surface area contributed by atoms with E-state index in [0.29, 0.717) is 23.5 Å². The molecule has 0 fully saturated rings. The summed E-state index contributed by atoms with van der Waals surface area (Å²) in [6.45, 7) is 0.426. The zero-order chi connectivity index (χ0) is 18.5. The van der Waals surface area contributed by atoms with Crippen LogP contribution < -0.4 is 11.1 Å². The summed E-state index contributed by atoms with van der Waals surface area (Å²) in [5.74, 6) is -1.26. The van der Waals surface area contributed by atoms with Crippen LogP contribution in [0.3, 0.4) is 0 Å².